The quantitative estimate of drug-likeness (QED) is 0.604. The summed E-state index contributed by atoms with van der Waals surface area (Å²) in [7, 11) is 0.0552. The third-order valence-electron chi connectivity index (χ3n) is 2.53. The number of para-hydroxylation sites is 1. The van der Waals surface area contributed by atoms with Crippen molar-refractivity contribution in [2.24, 2.45) is 0 Å². The largest absolute Gasteiger partial charge is 0.450 e. The number of nitrogens with one attached hydrogen (secondary N) is 1. The predicted molar refractivity (Wildman–Crippen MR) is 75.8 cm³/mol. The molecular formula is C14H18NO2P. The van der Waals surface area contributed by atoms with Crippen LogP contribution in [0.25, 0.3) is 0 Å². The average Bonchev–Trinajstić information content (AvgIpc) is 2.45. The van der Waals surface area contributed by atoms with Gasteiger partial charge < -0.3 is 14.4 Å². The van der Waals surface area contributed by atoms with Crippen molar-refractivity contribution in [2.45, 2.75) is 12.8 Å². The maximum atomic E-state index is 5.45. The van der Waals surface area contributed by atoms with E-state index in [-0.39, 0.29) is 9.03 Å². The van der Waals surface area contributed by atoms with Gasteiger partial charge in [0.05, 0.1) is 6.61 Å². The van der Waals surface area contributed by atoms with Crippen molar-refractivity contribution in [2.75, 3.05) is 13.2 Å². The Morgan fingerprint density at radius 2 is 2.11 bits per heavy atom. The van der Waals surface area contributed by atoms with Gasteiger partial charge in [-0.1, -0.05) is 30.4 Å². The lowest BCUT2D eigenvalue weighted by Gasteiger charge is -2.12. The molecule has 0 radical (unpaired) electrons. The first-order valence-corrected chi connectivity index (χ1v) is 6.95. The Morgan fingerprint density at radius 3 is 2.89 bits per heavy atom. The number of benzene rings is 1. The molecule has 0 saturated carbocycles. The van der Waals surface area contributed by atoms with Crippen molar-refractivity contribution >= 4 is 9.03 Å². The minimum Gasteiger partial charge on any atom is -0.450 e. The fourth-order valence-electron chi connectivity index (χ4n) is 1.62. The zero-order chi connectivity index (χ0) is 12.5. The highest BCUT2D eigenvalue weighted by atomic mass is 31.1. The van der Waals surface area contributed by atoms with Crippen LogP contribution in [-0.4, -0.2) is 13.2 Å². The van der Waals surface area contributed by atoms with Crippen LogP contribution in [0.15, 0.2) is 54.3 Å². The Hall–Kier alpha value is -1.31. The first-order chi connectivity index (χ1) is 8.95. The van der Waals surface area contributed by atoms with E-state index < -0.39 is 0 Å². The summed E-state index contributed by atoms with van der Waals surface area (Å²) >= 11 is 0. The molecule has 1 aliphatic carbocycles. The molecule has 0 fully saturated rings. The second kappa shape index (κ2) is 7.91. The van der Waals surface area contributed by atoms with E-state index in [1.807, 2.05) is 30.3 Å². The van der Waals surface area contributed by atoms with Gasteiger partial charge in [-0.05, 0) is 31.1 Å². The second-order valence-electron chi connectivity index (χ2n) is 3.93. The predicted octanol–water partition coefficient (Wildman–Crippen LogP) is 3.41. The van der Waals surface area contributed by atoms with Crippen LogP contribution in [0.4, 0.5) is 0 Å². The topological polar surface area (TPSA) is 30.5 Å². The summed E-state index contributed by atoms with van der Waals surface area (Å²) in [6.07, 6.45) is 8.60. The van der Waals surface area contributed by atoms with Gasteiger partial charge in [-0.2, -0.15) is 0 Å². The van der Waals surface area contributed by atoms with E-state index in [2.05, 4.69) is 23.5 Å². The third kappa shape index (κ3) is 4.91. The smallest absolute Gasteiger partial charge is 0.215 e. The van der Waals surface area contributed by atoms with Crippen LogP contribution in [0.2, 0.25) is 0 Å². The average molecular weight is 263 g/mol. The molecule has 0 amide bonds. The van der Waals surface area contributed by atoms with Gasteiger partial charge in [-0.3, -0.25) is 0 Å². The molecule has 4 heteroatoms. The molecule has 18 heavy (non-hydrogen) atoms. The van der Waals surface area contributed by atoms with Gasteiger partial charge in [0.15, 0.2) is 0 Å². The number of allylic oxidation sites excluding steroid dienone is 4. The molecule has 1 unspecified atom stereocenters. The fraction of sp³-hybridized carbons (Fsp3) is 0.286. The molecule has 0 bridgehead atoms. The second-order valence-corrected chi connectivity index (χ2v) is 4.59. The number of rotatable bonds is 7. The minimum absolute atomic E-state index is 0.0552. The SMILES string of the molecule is C1=CCCC(NCCOPOc2ccccc2)=C1. The van der Waals surface area contributed by atoms with Crippen LogP contribution < -0.4 is 9.84 Å². The molecule has 0 aliphatic heterocycles. The first kappa shape index (κ1) is 13.1. The zero-order valence-electron chi connectivity index (χ0n) is 10.3. The van der Waals surface area contributed by atoms with E-state index >= 15 is 0 Å². The van der Waals surface area contributed by atoms with Gasteiger partial charge in [0.25, 0.3) is 0 Å². The Labute approximate surface area is 110 Å². The highest BCUT2D eigenvalue weighted by molar-refractivity contribution is 7.26. The molecule has 1 aliphatic rings. The van der Waals surface area contributed by atoms with Gasteiger partial charge in [0.1, 0.15) is 5.75 Å². The maximum Gasteiger partial charge on any atom is 0.215 e. The molecule has 0 heterocycles. The molecule has 1 N–H and O–H groups in total. The lowest BCUT2D eigenvalue weighted by molar-refractivity contribution is 0.330. The van der Waals surface area contributed by atoms with Gasteiger partial charge >= 0.3 is 0 Å². The summed E-state index contributed by atoms with van der Waals surface area (Å²) in [6.45, 7) is 1.48. The summed E-state index contributed by atoms with van der Waals surface area (Å²) in [6, 6.07) is 9.71. The van der Waals surface area contributed by atoms with E-state index in [0.29, 0.717) is 6.61 Å². The molecular weight excluding hydrogens is 245 g/mol. The molecule has 1 aromatic carbocycles. The van der Waals surface area contributed by atoms with Gasteiger partial charge in [-0.15, -0.1) is 0 Å². The lowest BCUT2D eigenvalue weighted by Crippen LogP contribution is -2.18. The van der Waals surface area contributed by atoms with E-state index in [1.54, 1.807) is 0 Å². The summed E-state index contributed by atoms with van der Waals surface area (Å²) < 4.78 is 10.9. The van der Waals surface area contributed by atoms with E-state index in [4.69, 9.17) is 9.05 Å². The Kier molecular flexibility index (Phi) is 5.77. The summed E-state index contributed by atoms with van der Waals surface area (Å²) in [5, 5.41) is 3.35. The van der Waals surface area contributed by atoms with Crippen molar-refractivity contribution < 1.29 is 9.05 Å². The van der Waals surface area contributed by atoms with Crippen molar-refractivity contribution in [1.29, 1.82) is 0 Å². The highest BCUT2D eigenvalue weighted by Crippen LogP contribution is 2.20. The van der Waals surface area contributed by atoms with Crippen LogP contribution in [0.1, 0.15) is 12.8 Å². The normalized spacial score (nSPS) is 14.8. The van der Waals surface area contributed by atoms with Crippen LogP contribution in [0.3, 0.4) is 0 Å². The molecule has 1 aromatic rings. The lowest BCUT2D eigenvalue weighted by atomic mass is 10.1. The standard InChI is InChI=1S/C14H18NO2P/c1-3-7-13(8-4-1)15-11-12-16-18-17-14-9-5-2-6-10-14/h1-3,5-7,9-10,15,18H,4,8,11-12H2. The third-order valence-corrected chi connectivity index (χ3v) is 3.17. The van der Waals surface area contributed by atoms with Crippen molar-refractivity contribution in [1.82, 2.24) is 5.32 Å². The number of hydrogen-bond donors (Lipinski definition) is 1. The van der Waals surface area contributed by atoms with Gasteiger partial charge in [-0.25, -0.2) is 0 Å². The summed E-state index contributed by atoms with van der Waals surface area (Å²) in [5.41, 5.74) is 1.29. The summed E-state index contributed by atoms with van der Waals surface area (Å²) in [5.74, 6) is 0.851. The van der Waals surface area contributed by atoms with Crippen molar-refractivity contribution in [3.63, 3.8) is 0 Å². The Morgan fingerprint density at radius 1 is 1.22 bits per heavy atom. The molecule has 1 atom stereocenters. The summed E-state index contributed by atoms with van der Waals surface area (Å²) in [4.78, 5) is 0. The molecule has 0 spiro atoms. The van der Waals surface area contributed by atoms with Crippen molar-refractivity contribution in [3.05, 3.63) is 54.3 Å². The van der Waals surface area contributed by atoms with E-state index in [1.165, 1.54) is 5.70 Å². The Bertz CT molecular complexity index is 404. The first-order valence-electron chi connectivity index (χ1n) is 6.13. The minimum atomic E-state index is 0.0552. The van der Waals surface area contributed by atoms with Gasteiger partial charge in [0.2, 0.25) is 9.03 Å². The van der Waals surface area contributed by atoms with E-state index in [0.717, 1.165) is 25.1 Å². The van der Waals surface area contributed by atoms with Gasteiger partial charge in [0, 0.05) is 12.2 Å². The fourth-order valence-corrected chi connectivity index (χ4v) is 2.10. The van der Waals surface area contributed by atoms with Crippen LogP contribution >= 0.6 is 9.03 Å². The molecule has 96 valence electrons. The molecule has 0 aromatic heterocycles. The number of hydrogen-bond acceptors (Lipinski definition) is 3. The van der Waals surface area contributed by atoms with E-state index in [9.17, 15) is 0 Å². The van der Waals surface area contributed by atoms with Crippen LogP contribution in [0.5, 0.6) is 5.75 Å². The van der Waals surface area contributed by atoms with Crippen LogP contribution in [-0.2, 0) is 4.52 Å². The van der Waals surface area contributed by atoms with Crippen molar-refractivity contribution in [3.8, 4) is 5.75 Å². The molecule has 0 saturated heterocycles. The maximum absolute atomic E-state index is 5.45. The Balaban J connectivity index is 1.51. The van der Waals surface area contributed by atoms with Crippen LogP contribution in [0, 0.1) is 0 Å². The highest BCUT2D eigenvalue weighted by Gasteiger charge is 1.98. The molecule has 2 rings (SSSR count). The zero-order valence-corrected chi connectivity index (χ0v) is 11.3. The molecule has 3 nitrogen and oxygen atoms in total. The monoisotopic (exact) mass is 263 g/mol.